The van der Waals surface area contributed by atoms with Gasteiger partial charge in [0.25, 0.3) is 0 Å². The van der Waals surface area contributed by atoms with Gasteiger partial charge in [0.15, 0.2) is 0 Å². The van der Waals surface area contributed by atoms with Crippen LogP contribution >= 0.6 is 31.9 Å². The summed E-state index contributed by atoms with van der Waals surface area (Å²) >= 11 is 7.00. The minimum atomic E-state index is 0.506. The Morgan fingerprint density at radius 2 is 1.79 bits per heavy atom. The van der Waals surface area contributed by atoms with E-state index in [1.165, 1.54) is 11.1 Å². The zero-order valence-electron chi connectivity index (χ0n) is 11.0. The van der Waals surface area contributed by atoms with Crippen molar-refractivity contribution < 1.29 is 4.74 Å². The molecule has 0 amide bonds. The lowest BCUT2D eigenvalue weighted by atomic mass is 10.0. The van der Waals surface area contributed by atoms with Crippen LogP contribution in [-0.4, -0.2) is 0 Å². The van der Waals surface area contributed by atoms with Crippen LogP contribution in [0.15, 0.2) is 46.9 Å². The fourth-order valence-electron chi connectivity index (χ4n) is 1.77. The SMILES string of the molecule is CC(C)c1cccc(Oc2ccc(CBr)c(Br)c2)c1. The van der Waals surface area contributed by atoms with E-state index in [9.17, 15) is 0 Å². The molecular weight excluding hydrogens is 368 g/mol. The molecule has 0 N–H and O–H groups in total. The van der Waals surface area contributed by atoms with E-state index in [1.807, 2.05) is 24.3 Å². The Morgan fingerprint density at radius 1 is 1.05 bits per heavy atom. The molecule has 0 saturated heterocycles. The molecule has 0 aliphatic carbocycles. The zero-order valence-corrected chi connectivity index (χ0v) is 14.2. The van der Waals surface area contributed by atoms with E-state index in [4.69, 9.17) is 4.74 Å². The summed E-state index contributed by atoms with van der Waals surface area (Å²) in [5.41, 5.74) is 2.50. The molecule has 2 aromatic carbocycles. The highest BCUT2D eigenvalue weighted by Gasteiger charge is 2.04. The van der Waals surface area contributed by atoms with Crippen molar-refractivity contribution in [2.45, 2.75) is 25.1 Å². The van der Waals surface area contributed by atoms with Gasteiger partial charge in [-0.1, -0.05) is 63.9 Å². The van der Waals surface area contributed by atoms with Gasteiger partial charge in [0, 0.05) is 9.80 Å². The lowest BCUT2D eigenvalue weighted by Gasteiger charge is -2.10. The van der Waals surface area contributed by atoms with E-state index in [2.05, 4.69) is 63.9 Å². The van der Waals surface area contributed by atoms with Gasteiger partial charge < -0.3 is 4.74 Å². The Morgan fingerprint density at radius 3 is 2.42 bits per heavy atom. The number of alkyl halides is 1. The smallest absolute Gasteiger partial charge is 0.128 e. The molecule has 0 atom stereocenters. The minimum absolute atomic E-state index is 0.506. The topological polar surface area (TPSA) is 9.23 Å². The lowest BCUT2D eigenvalue weighted by molar-refractivity contribution is 0.481. The number of hydrogen-bond acceptors (Lipinski definition) is 1. The summed E-state index contributed by atoms with van der Waals surface area (Å²) in [6.45, 7) is 4.36. The highest BCUT2D eigenvalue weighted by molar-refractivity contribution is 9.10. The molecule has 0 radical (unpaired) electrons. The largest absolute Gasteiger partial charge is 0.457 e. The van der Waals surface area contributed by atoms with Crippen molar-refractivity contribution >= 4 is 31.9 Å². The van der Waals surface area contributed by atoms with E-state index < -0.39 is 0 Å². The summed E-state index contributed by atoms with van der Waals surface area (Å²) in [4.78, 5) is 0. The fourth-order valence-corrected chi connectivity index (χ4v) is 3.14. The van der Waals surface area contributed by atoms with Gasteiger partial charge in [0.2, 0.25) is 0 Å². The minimum Gasteiger partial charge on any atom is -0.457 e. The summed E-state index contributed by atoms with van der Waals surface area (Å²) < 4.78 is 6.96. The van der Waals surface area contributed by atoms with Gasteiger partial charge in [-0.25, -0.2) is 0 Å². The Kier molecular flexibility index (Phi) is 5.06. The zero-order chi connectivity index (χ0) is 13.8. The number of hydrogen-bond donors (Lipinski definition) is 0. The molecule has 2 rings (SSSR count). The van der Waals surface area contributed by atoms with E-state index in [1.54, 1.807) is 0 Å². The summed E-state index contributed by atoms with van der Waals surface area (Å²) in [7, 11) is 0. The summed E-state index contributed by atoms with van der Waals surface area (Å²) in [5.74, 6) is 2.23. The maximum atomic E-state index is 5.90. The van der Waals surface area contributed by atoms with Crippen molar-refractivity contribution in [2.75, 3.05) is 0 Å². The number of ether oxygens (including phenoxy) is 1. The highest BCUT2D eigenvalue weighted by atomic mass is 79.9. The second kappa shape index (κ2) is 6.58. The normalized spacial score (nSPS) is 10.8. The lowest BCUT2D eigenvalue weighted by Crippen LogP contribution is -1.90. The number of rotatable bonds is 4. The predicted molar refractivity (Wildman–Crippen MR) is 87.4 cm³/mol. The molecule has 0 aliphatic heterocycles. The maximum Gasteiger partial charge on any atom is 0.128 e. The van der Waals surface area contributed by atoms with Gasteiger partial charge in [-0.05, 0) is 41.3 Å². The average Bonchev–Trinajstić information content (AvgIpc) is 2.39. The molecule has 0 bridgehead atoms. The average molecular weight is 384 g/mol. The van der Waals surface area contributed by atoms with Crippen molar-refractivity contribution in [2.24, 2.45) is 0 Å². The van der Waals surface area contributed by atoms with Gasteiger partial charge in [0.1, 0.15) is 11.5 Å². The molecule has 0 heterocycles. The first kappa shape index (κ1) is 14.6. The van der Waals surface area contributed by atoms with Gasteiger partial charge in [0.05, 0.1) is 0 Å². The molecule has 0 saturated carbocycles. The molecule has 2 aromatic rings. The van der Waals surface area contributed by atoms with Crippen molar-refractivity contribution in [3.05, 3.63) is 58.1 Å². The van der Waals surface area contributed by atoms with Gasteiger partial charge in [-0.3, -0.25) is 0 Å². The van der Waals surface area contributed by atoms with Crippen LogP contribution in [-0.2, 0) is 5.33 Å². The Labute approximate surface area is 131 Å². The van der Waals surface area contributed by atoms with Crippen LogP contribution in [0.1, 0.15) is 30.9 Å². The van der Waals surface area contributed by atoms with E-state index in [0.717, 1.165) is 21.3 Å². The van der Waals surface area contributed by atoms with Crippen LogP contribution in [0, 0.1) is 0 Å². The third kappa shape index (κ3) is 3.83. The number of benzene rings is 2. The Hall–Kier alpha value is -0.800. The van der Waals surface area contributed by atoms with Crippen LogP contribution in [0.4, 0.5) is 0 Å². The molecule has 19 heavy (non-hydrogen) atoms. The second-order valence-electron chi connectivity index (χ2n) is 4.72. The second-order valence-corrected chi connectivity index (χ2v) is 6.13. The molecule has 1 nitrogen and oxygen atoms in total. The Balaban J connectivity index is 2.21. The van der Waals surface area contributed by atoms with Crippen LogP contribution in [0.3, 0.4) is 0 Å². The molecule has 0 unspecified atom stereocenters. The predicted octanol–water partition coefficient (Wildman–Crippen LogP) is 6.26. The third-order valence-electron chi connectivity index (χ3n) is 2.93. The molecule has 100 valence electrons. The fraction of sp³-hybridized carbons (Fsp3) is 0.250. The van der Waals surface area contributed by atoms with E-state index in [-0.39, 0.29) is 0 Å². The van der Waals surface area contributed by atoms with Crippen LogP contribution in [0.25, 0.3) is 0 Å². The summed E-state index contributed by atoms with van der Waals surface area (Å²) in [5, 5.41) is 0.830. The quantitative estimate of drug-likeness (QED) is 0.566. The van der Waals surface area contributed by atoms with Crippen molar-refractivity contribution in [3.8, 4) is 11.5 Å². The van der Waals surface area contributed by atoms with E-state index in [0.29, 0.717) is 5.92 Å². The number of halogens is 2. The summed E-state index contributed by atoms with van der Waals surface area (Å²) in [6.07, 6.45) is 0. The van der Waals surface area contributed by atoms with Gasteiger partial charge in [-0.15, -0.1) is 0 Å². The monoisotopic (exact) mass is 382 g/mol. The summed E-state index contributed by atoms with van der Waals surface area (Å²) in [6, 6.07) is 14.3. The first-order chi connectivity index (χ1) is 9.10. The van der Waals surface area contributed by atoms with Crippen LogP contribution < -0.4 is 4.74 Å². The molecule has 0 aromatic heterocycles. The highest BCUT2D eigenvalue weighted by Crippen LogP contribution is 2.29. The van der Waals surface area contributed by atoms with Crippen LogP contribution in [0.2, 0.25) is 0 Å². The van der Waals surface area contributed by atoms with Crippen LogP contribution in [0.5, 0.6) is 11.5 Å². The molecule has 3 heteroatoms. The first-order valence-corrected chi connectivity index (χ1v) is 8.14. The first-order valence-electron chi connectivity index (χ1n) is 6.22. The molecular formula is C16H16Br2O. The molecule has 0 spiro atoms. The van der Waals surface area contributed by atoms with Gasteiger partial charge in [-0.2, -0.15) is 0 Å². The van der Waals surface area contributed by atoms with Crippen molar-refractivity contribution in [1.82, 2.24) is 0 Å². The standard InChI is InChI=1S/C16H16Br2O/c1-11(2)12-4-3-5-14(8-12)19-15-7-6-13(10-17)16(18)9-15/h3-9,11H,10H2,1-2H3. The molecule has 0 fully saturated rings. The van der Waals surface area contributed by atoms with E-state index >= 15 is 0 Å². The maximum absolute atomic E-state index is 5.90. The van der Waals surface area contributed by atoms with Crippen molar-refractivity contribution in [1.29, 1.82) is 0 Å². The molecule has 0 aliphatic rings. The third-order valence-corrected chi connectivity index (χ3v) is 4.27. The van der Waals surface area contributed by atoms with Crippen molar-refractivity contribution in [3.63, 3.8) is 0 Å². The Bertz CT molecular complexity index is 564. The van der Waals surface area contributed by atoms with Gasteiger partial charge >= 0.3 is 0 Å².